The lowest BCUT2D eigenvalue weighted by atomic mass is 9.99. The Hall–Kier alpha value is -4.32. The average Bonchev–Trinajstić information content (AvgIpc) is 3.09. The van der Waals surface area contributed by atoms with E-state index >= 15 is 0 Å². The van der Waals surface area contributed by atoms with Crippen molar-refractivity contribution >= 4 is 45.3 Å². The van der Waals surface area contributed by atoms with Crippen molar-refractivity contribution in [2.45, 2.75) is 56.9 Å². The van der Waals surface area contributed by atoms with Gasteiger partial charge in [-0.3, -0.25) is 14.6 Å². The van der Waals surface area contributed by atoms with Crippen LogP contribution in [-0.4, -0.2) is 126 Å². The molecule has 0 saturated carbocycles. The van der Waals surface area contributed by atoms with Gasteiger partial charge in [-0.25, -0.2) is 13.2 Å². The highest BCUT2D eigenvalue weighted by molar-refractivity contribution is 7.80. The number of piperazine rings is 1. The Morgan fingerprint density at radius 3 is 2.65 bits per heavy atom. The molecule has 0 unspecified atom stereocenters. The Labute approximate surface area is 307 Å². The fourth-order valence-electron chi connectivity index (χ4n) is 7.88. The van der Waals surface area contributed by atoms with Gasteiger partial charge in [0.1, 0.15) is 18.6 Å². The van der Waals surface area contributed by atoms with Crippen LogP contribution in [0.15, 0.2) is 48.6 Å². The Morgan fingerprint density at radius 1 is 1.12 bits per heavy atom. The van der Waals surface area contributed by atoms with Gasteiger partial charge in [0, 0.05) is 79.8 Å². The summed E-state index contributed by atoms with van der Waals surface area (Å²) in [5.41, 5.74) is 4.10. The van der Waals surface area contributed by atoms with Crippen molar-refractivity contribution in [3.05, 3.63) is 65.4 Å². The van der Waals surface area contributed by atoms with E-state index in [2.05, 4.69) is 59.2 Å². The molecule has 0 N–H and O–H groups in total. The number of amides is 1. The molecule has 4 aliphatic rings. The van der Waals surface area contributed by atoms with Gasteiger partial charge < -0.3 is 19.4 Å². The second kappa shape index (κ2) is 15.0. The number of alkyl halides is 3. The maximum atomic E-state index is 14.2. The van der Waals surface area contributed by atoms with Gasteiger partial charge in [0.05, 0.1) is 43.4 Å². The van der Waals surface area contributed by atoms with Crippen LogP contribution >= 0.6 is 12.2 Å². The molecule has 0 aliphatic carbocycles. The molecule has 5 heterocycles. The molecule has 0 bridgehead atoms. The Balaban J connectivity index is 1.16. The van der Waals surface area contributed by atoms with Gasteiger partial charge in [-0.15, -0.1) is 0 Å². The van der Waals surface area contributed by atoms with Crippen LogP contribution in [-0.2, 0) is 17.8 Å². The van der Waals surface area contributed by atoms with E-state index in [0.717, 1.165) is 28.9 Å². The zero-order valence-corrected chi connectivity index (χ0v) is 30.3. The number of hydrogen-bond acceptors (Lipinski definition) is 10. The van der Waals surface area contributed by atoms with E-state index in [1.165, 1.54) is 21.9 Å². The van der Waals surface area contributed by atoms with E-state index < -0.39 is 31.1 Å². The number of piperidine rings is 1. The summed E-state index contributed by atoms with van der Waals surface area (Å²) in [6.45, 7) is 5.50. The monoisotopic (exact) mass is 732 g/mol. The third-order valence-corrected chi connectivity index (χ3v) is 11.0. The van der Waals surface area contributed by atoms with E-state index in [0.29, 0.717) is 58.1 Å². The molecule has 7 rings (SSSR count). The summed E-state index contributed by atoms with van der Waals surface area (Å²) in [7, 11) is 1.62. The van der Waals surface area contributed by atoms with Crippen molar-refractivity contribution in [2.75, 3.05) is 75.8 Å². The number of likely N-dealkylation sites (N-methyl/N-ethyl adjacent to an activating group) is 1. The molecule has 1 aromatic heterocycles. The highest BCUT2D eigenvalue weighted by Gasteiger charge is 2.42. The number of halogens is 3. The van der Waals surface area contributed by atoms with Crippen molar-refractivity contribution in [3.63, 3.8) is 0 Å². The largest absolute Gasteiger partial charge is 0.461 e. The molecule has 2 atom stereocenters. The molecular formula is C38H43F3N8O2S. The number of nitrogens with zero attached hydrogens (tertiary/aromatic N) is 8. The fraction of sp³-hybridized carbons (Fsp3) is 0.500. The molecule has 3 saturated heterocycles. The average molecular weight is 733 g/mol. The van der Waals surface area contributed by atoms with Crippen LogP contribution in [0.5, 0.6) is 6.01 Å². The van der Waals surface area contributed by atoms with Crippen LogP contribution in [0.3, 0.4) is 0 Å². The second-order valence-electron chi connectivity index (χ2n) is 14.3. The van der Waals surface area contributed by atoms with Crippen LogP contribution in [0.4, 0.5) is 24.7 Å². The minimum atomic E-state index is -2.88. The first-order chi connectivity index (χ1) is 25.0. The standard InChI is InChI=1S/C38H43F3N8O2S/c1-25-6-3-7-26-8-4-9-31(35(25)26)47-15-12-29-30(22-47)43-37(51-23-32-33(52)18-38(40,41)24-45(32)2)44-36(29)48-16-17-49(28(21-48)11-13-42)34(50)10-5-14-46-19-27(39)20-46/h3-10,27-28,32H,11-12,14-24H2,1-2H3/b10-5+/t28-,32+/m0/s1. The molecule has 4 aliphatic heterocycles. The number of carbonyl (C=O) groups is 1. The Kier molecular flexibility index (Phi) is 10.4. The maximum Gasteiger partial charge on any atom is 0.318 e. The molecular weight excluding hydrogens is 690 g/mol. The highest BCUT2D eigenvalue weighted by atomic mass is 32.1. The number of rotatable bonds is 9. The number of anilines is 2. The summed E-state index contributed by atoms with van der Waals surface area (Å²) >= 11 is 5.40. The molecule has 1 amide bonds. The van der Waals surface area contributed by atoms with Crippen molar-refractivity contribution in [2.24, 2.45) is 0 Å². The van der Waals surface area contributed by atoms with Crippen molar-refractivity contribution in [1.29, 1.82) is 5.26 Å². The molecule has 2 aromatic carbocycles. The number of hydrogen-bond donors (Lipinski definition) is 0. The van der Waals surface area contributed by atoms with Crippen LogP contribution in [0.2, 0.25) is 0 Å². The van der Waals surface area contributed by atoms with Crippen molar-refractivity contribution < 1.29 is 22.7 Å². The third-order valence-electron chi connectivity index (χ3n) is 10.6. The lowest BCUT2D eigenvalue weighted by molar-refractivity contribution is -0.128. The van der Waals surface area contributed by atoms with Gasteiger partial charge in [-0.1, -0.05) is 48.6 Å². The van der Waals surface area contributed by atoms with Gasteiger partial charge in [0.25, 0.3) is 5.92 Å². The number of aromatic nitrogens is 2. The summed E-state index contributed by atoms with van der Waals surface area (Å²) in [6.07, 6.45) is 2.82. The summed E-state index contributed by atoms with van der Waals surface area (Å²) in [5.74, 6) is -2.36. The molecule has 3 aromatic rings. The predicted molar refractivity (Wildman–Crippen MR) is 198 cm³/mol. The number of aryl methyl sites for hydroxylation is 1. The van der Waals surface area contributed by atoms with E-state index in [9.17, 15) is 23.2 Å². The van der Waals surface area contributed by atoms with E-state index in [1.54, 1.807) is 18.0 Å². The molecule has 274 valence electrons. The van der Waals surface area contributed by atoms with Crippen molar-refractivity contribution in [1.82, 2.24) is 24.7 Å². The first-order valence-corrected chi connectivity index (χ1v) is 18.2. The van der Waals surface area contributed by atoms with Crippen molar-refractivity contribution in [3.8, 4) is 12.1 Å². The topological polar surface area (TPSA) is 92.1 Å². The predicted octanol–water partition coefficient (Wildman–Crippen LogP) is 4.73. The van der Waals surface area contributed by atoms with E-state index in [4.69, 9.17) is 26.9 Å². The molecule has 10 nitrogen and oxygen atoms in total. The van der Waals surface area contributed by atoms with Gasteiger partial charge >= 0.3 is 6.01 Å². The van der Waals surface area contributed by atoms with Gasteiger partial charge in [0.2, 0.25) is 5.91 Å². The van der Waals surface area contributed by atoms with Gasteiger partial charge in [-0.05, 0) is 37.4 Å². The minimum absolute atomic E-state index is 0.0327. The first kappa shape index (κ1) is 36.1. The lowest BCUT2D eigenvalue weighted by Gasteiger charge is -2.42. The van der Waals surface area contributed by atoms with E-state index in [1.807, 2.05) is 4.90 Å². The first-order valence-electron chi connectivity index (χ1n) is 17.8. The Bertz CT molecular complexity index is 1910. The number of thiocarbonyl (C=S) groups is 1. The zero-order chi connectivity index (χ0) is 36.6. The highest BCUT2D eigenvalue weighted by Crippen LogP contribution is 2.36. The number of nitriles is 1. The molecule has 52 heavy (non-hydrogen) atoms. The number of carbonyl (C=O) groups excluding carboxylic acids is 1. The fourth-order valence-corrected chi connectivity index (χ4v) is 8.34. The zero-order valence-electron chi connectivity index (χ0n) is 29.5. The third kappa shape index (κ3) is 7.58. The number of benzene rings is 2. The van der Waals surface area contributed by atoms with Crippen LogP contribution in [0.1, 0.15) is 29.7 Å². The summed E-state index contributed by atoms with van der Waals surface area (Å²) in [5, 5.41) is 12.1. The van der Waals surface area contributed by atoms with Gasteiger partial charge in [-0.2, -0.15) is 15.2 Å². The van der Waals surface area contributed by atoms with Crippen LogP contribution in [0.25, 0.3) is 10.8 Å². The summed E-state index contributed by atoms with van der Waals surface area (Å²) in [4.78, 5) is 33.0. The normalized spacial score (nSPS) is 22.8. The van der Waals surface area contributed by atoms with Crippen LogP contribution in [0, 0.1) is 18.3 Å². The SMILES string of the molecule is Cc1cccc2cccc(N3CCc4c(nc(OC[C@@H]5C(=S)CC(F)(F)CN5C)nc4N4CCN(C(=O)/C=C/CN5CC(F)C5)[C@@H](CC#N)C4)C3)c12. The number of likely N-dealkylation sites (tertiary alicyclic amines) is 2. The quantitative estimate of drug-likeness (QED) is 0.227. The Morgan fingerprint density at radius 2 is 1.90 bits per heavy atom. The second-order valence-corrected chi connectivity index (χ2v) is 14.9. The maximum absolute atomic E-state index is 14.2. The number of fused-ring (bicyclic) bond motifs is 2. The summed E-state index contributed by atoms with van der Waals surface area (Å²) < 4.78 is 47.8. The molecule has 0 spiro atoms. The summed E-state index contributed by atoms with van der Waals surface area (Å²) in [6, 6.07) is 14.1. The van der Waals surface area contributed by atoms with Gasteiger partial charge in [0.15, 0.2) is 0 Å². The molecule has 3 fully saturated rings. The van der Waals surface area contributed by atoms with E-state index in [-0.39, 0.29) is 35.9 Å². The number of ether oxygens (including phenoxy) is 1. The molecule has 0 radical (unpaired) electrons. The minimum Gasteiger partial charge on any atom is -0.461 e. The lowest BCUT2D eigenvalue weighted by Crippen LogP contribution is -2.55. The van der Waals surface area contributed by atoms with Crippen LogP contribution < -0.4 is 14.5 Å². The smallest absolute Gasteiger partial charge is 0.318 e. The molecule has 14 heteroatoms.